The Morgan fingerprint density at radius 1 is 1.20 bits per heavy atom. The van der Waals surface area contributed by atoms with Crippen LogP contribution in [0.4, 0.5) is 11.4 Å². The largest absolute Gasteiger partial charge is 0.494 e. The molecular weight excluding hydrogens is 320 g/mol. The van der Waals surface area contributed by atoms with Crippen LogP contribution in [0.1, 0.15) is 30.9 Å². The predicted octanol–water partition coefficient (Wildman–Crippen LogP) is 4.26. The Kier molecular flexibility index (Phi) is 6.51. The van der Waals surface area contributed by atoms with Crippen molar-refractivity contribution < 1.29 is 14.5 Å². The molecule has 1 amide bonds. The number of non-ortho nitro benzene ring substituents is 1. The second kappa shape index (κ2) is 8.82. The van der Waals surface area contributed by atoms with Gasteiger partial charge in [0.15, 0.2) is 0 Å². The number of nitrogens with one attached hydrogen (secondary N) is 1. The summed E-state index contributed by atoms with van der Waals surface area (Å²) in [6, 6.07) is 12.3. The molecule has 0 atom stereocenters. The Balaban J connectivity index is 1.78. The van der Waals surface area contributed by atoms with Crippen molar-refractivity contribution in [3.63, 3.8) is 0 Å². The van der Waals surface area contributed by atoms with Gasteiger partial charge in [0, 0.05) is 18.6 Å². The molecule has 0 unspecified atom stereocenters. The quantitative estimate of drug-likeness (QED) is 0.441. The number of anilines is 1. The van der Waals surface area contributed by atoms with E-state index >= 15 is 0 Å². The molecule has 132 valence electrons. The van der Waals surface area contributed by atoms with E-state index in [4.69, 9.17) is 4.74 Å². The van der Waals surface area contributed by atoms with E-state index in [1.165, 1.54) is 17.7 Å². The minimum atomic E-state index is -0.479. The van der Waals surface area contributed by atoms with Crippen molar-refractivity contribution in [2.45, 2.75) is 33.1 Å². The zero-order valence-electron chi connectivity index (χ0n) is 14.5. The van der Waals surface area contributed by atoms with E-state index in [1.807, 2.05) is 24.3 Å². The Morgan fingerprint density at radius 3 is 2.56 bits per heavy atom. The van der Waals surface area contributed by atoms with Crippen molar-refractivity contribution in [2.75, 3.05) is 11.9 Å². The standard InChI is InChI=1S/C19H22N2O4/c1-3-15-7-10-17(11-8-15)25-12-4-5-19(22)20-18-13-16(21(23)24)9-6-14(18)2/h6-11,13H,3-5,12H2,1-2H3,(H,20,22). The van der Waals surface area contributed by atoms with E-state index in [2.05, 4.69) is 12.2 Å². The maximum Gasteiger partial charge on any atom is 0.271 e. The van der Waals surface area contributed by atoms with E-state index in [-0.39, 0.29) is 18.0 Å². The van der Waals surface area contributed by atoms with Crippen molar-refractivity contribution in [3.8, 4) is 5.75 Å². The summed E-state index contributed by atoms with van der Waals surface area (Å²) in [6.45, 7) is 4.33. The molecule has 0 heterocycles. The molecule has 1 N–H and O–H groups in total. The van der Waals surface area contributed by atoms with Gasteiger partial charge in [-0.25, -0.2) is 0 Å². The van der Waals surface area contributed by atoms with Crippen molar-refractivity contribution in [1.29, 1.82) is 0 Å². The highest BCUT2D eigenvalue weighted by atomic mass is 16.6. The van der Waals surface area contributed by atoms with Gasteiger partial charge in [-0.1, -0.05) is 25.1 Å². The Bertz CT molecular complexity index is 742. The van der Waals surface area contributed by atoms with E-state index in [0.29, 0.717) is 18.7 Å². The molecule has 0 fully saturated rings. The lowest BCUT2D eigenvalue weighted by Crippen LogP contribution is -2.13. The van der Waals surface area contributed by atoms with Crippen LogP contribution in [0.25, 0.3) is 0 Å². The lowest BCUT2D eigenvalue weighted by Gasteiger charge is -2.09. The number of nitrogens with zero attached hydrogens (tertiary/aromatic N) is 1. The number of hydrogen-bond donors (Lipinski definition) is 1. The number of nitro groups is 1. The fourth-order valence-corrected chi connectivity index (χ4v) is 2.32. The van der Waals surface area contributed by atoms with Crippen LogP contribution in [0.5, 0.6) is 5.75 Å². The van der Waals surface area contributed by atoms with Gasteiger partial charge in [-0.05, 0) is 43.0 Å². The summed E-state index contributed by atoms with van der Waals surface area (Å²) in [7, 11) is 0. The van der Waals surface area contributed by atoms with E-state index in [0.717, 1.165) is 17.7 Å². The van der Waals surface area contributed by atoms with Gasteiger partial charge in [0.25, 0.3) is 5.69 Å². The molecule has 6 nitrogen and oxygen atoms in total. The summed E-state index contributed by atoms with van der Waals surface area (Å²) in [6.07, 6.45) is 1.84. The van der Waals surface area contributed by atoms with Gasteiger partial charge >= 0.3 is 0 Å². The maximum atomic E-state index is 12.0. The molecule has 25 heavy (non-hydrogen) atoms. The molecule has 0 aliphatic rings. The summed E-state index contributed by atoms with van der Waals surface area (Å²) in [5.74, 6) is 0.598. The van der Waals surface area contributed by atoms with E-state index in [1.54, 1.807) is 13.0 Å². The van der Waals surface area contributed by atoms with Crippen LogP contribution in [0.2, 0.25) is 0 Å². The second-order valence-corrected chi connectivity index (χ2v) is 5.75. The topological polar surface area (TPSA) is 81.5 Å². The third kappa shape index (κ3) is 5.60. The molecule has 0 aliphatic carbocycles. The summed E-state index contributed by atoms with van der Waals surface area (Å²) in [4.78, 5) is 22.3. The number of amides is 1. The SMILES string of the molecule is CCc1ccc(OCCCC(=O)Nc2cc([N+](=O)[O-])ccc2C)cc1. The average molecular weight is 342 g/mol. The highest BCUT2D eigenvalue weighted by molar-refractivity contribution is 5.91. The molecule has 0 radical (unpaired) electrons. The minimum Gasteiger partial charge on any atom is -0.494 e. The third-order valence-corrected chi connectivity index (χ3v) is 3.85. The number of benzene rings is 2. The van der Waals surface area contributed by atoms with Crippen molar-refractivity contribution >= 4 is 17.3 Å². The lowest BCUT2D eigenvalue weighted by molar-refractivity contribution is -0.384. The Hall–Kier alpha value is -2.89. The van der Waals surface area contributed by atoms with Crippen molar-refractivity contribution in [1.82, 2.24) is 0 Å². The normalized spacial score (nSPS) is 10.3. The van der Waals surface area contributed by atoms with Crippen LogP contribution in [-0.2, 0) is 11.2 Å². The van der Waals surface area contributed by atoms with Crippen LogP contribution in [0.3, 0.4) is 0 Å². The lowest BCUT2D eigenvalue weighted by atomic mass is 10.1. The first-order chi connectivity index (χ1) is 12.0. The number of carbonyl (C=O) groups is 1. The average Bonchev–Trinajstić information content (AvgIpc) is 2.61. The summed E-state index contributed by atoms with van der Waals surface area (Å²) in [5, 5.41) is 13.5. The molecule has 0 aliphatic heterocycles. The van der Waals surface area contributed by atoms with Gasteiger partial charge in [0.05, 0.1) is 17.2 Å². The molecule has 6 heteroatoms. The maximum absolute atomic E-state index is 12.0. The van der Waals surface area contributed by atoms with Crippen LogP contribution < -0.4 is 10.1 Å². The van der Waals surface area contributed by atoms with E-state index < -0.39 is 4.92 Å². The van der Waals surface area contributed by atoms with Gasteiger partial charge < -0.3 is 10.1 Å². The fraction of sp³-hybridized carbons (Fsp3) is 0.316. The van der Waals surface area contributed by atoms with Gasteiger partial charge in [0.1, 0.15) is 5.75 Å². The van der Waals surface area contributed by atoms with Crippen molar-refractivity contribution in [2.24, 2.45) is 0 Å². The van der Waals surface area contributed by atoms with Gasteiger partial charge in [-0.2, -0.15) is 0 Å². The highest BCUT2D eigenvalue weighted by Gasteiger charge is 2.11. The Labute approximate surface area is 147 Å². The number of carbonyl (C=O) groups excluding carboxylic acids is 1. The first kappa shape index (κ1) is 18.4. The number of hydrogen-bond acceptors (Lipinski definition) is 4. The molecule has 2 aromatic carbocycles. The van der Waals surface area contributed by atoms with E-state index in [9.17, 15) is 14.9 Å². The van der Waals surface area contributed by atoms with Gasteiger partial charge in [-0.3, -0.25) is 14.9 Å². The first-order valence-corrected chi connectivity index (χ1v) is 8.26. The van der Waals surface area contributed by atoms with Crippen LogP contribution in [0.15, 0.2) is 42.5 Å². The first-order valence-electron chi connectivity index (χ1n) is 8.26. The second-order valence-electron chi connectivity index (χ2n) is 5.75. The smallest absolute Gasteiger partial charge is 0.271 e. The fourth-order valence-electron chi connectivity index (χ4n) is 2.32. The molecule has 0 bridgehead atoms. The number of rotatable bonds is 8. The zero-order valence-corrected chi connectivity index (χ0v) is 14.5. The van der Waals surface area contributed by atoms with Gasteiger partial charge in [-0.15, -0.1) is 0 Å². The highest BCUT2D eigenvalue weighted by Crippen LogP contribution is 2.22. The number of nitro benzene ring substituents is 1. The molecule has 0 spiro atoms. The molecular formula is C19H22N2O4. The van der Waals surface area contributed by atoms with Crippen LogP contribution >= 0.6 is 0 Å². The number of ether oxygens (including phenoxy) is 1. The van der Waals surface area contributed by atoms with Crippen molar-refractivity contribution in [3.05, 3.63) is 63.7 Å². The zero-order chi connectivity index (χ0) is 18.2. The van der Waals surface area contributed by atoms with Crippen LogP contribution in [-0.4, -0.2) is 17.4 Å². The molecule has 0 saturated heterocycles. The summed E-state index contributed by atoms with van der Waals surface area (Å²) in [5.41, 5.74) is 2.46. The summed E-state index contributed by atoms with van der Waals surface area (Å²) < 4.78 is 5.61. The third-order valence-electron chi connectivity index (χ3n) is 3.85. The van der Waals surface area contributed by atoms with Gasteiger partial charge in [0.2, 0.25) is 5.91 Å². The minimum absolute atomic E-state index is 0.0419. The Morgan fingerprint density at radius 2 is 1.92 bits per heavy atom. The monoisotopic (exact) mass is 342 g/mol. The predicted molar refractivity (Wildman–Crippen MR) is 97.0 cm³/mol. The summed E-state index contributed by atoms with van der Waals surface area (Å²) >= 11 is 0. The molecule has 2 aromatic rings. The van der Waals surface area contributed by atoms with Crippen LogP contribution in [0, 0.1) is 17.0 Å². The molecule has 2 rings (SSSR count). The molecule has 0 aromatic heterocycles. The number of aryl methyl sites for hydroxylation is 2. The molecule has 0 saturated carbocycles.